The molecule has 3 nitrogen and oxygen atoms in total. The van der Waals surface area contributed by atoms with Crippen molar-refractivity contribution in [1.82, 2.24) is 5.32 Å². The van der Waals surface area contributed by atoms with E-state index in [1.165, 1.54) is 11.3 Å². The minimum absolute atomic E-state index is 0.167. The summed E-state index contributed by atoms with van der Waals surface area (Å²) in [5.41, 5.74) is 2.73. The van der Waals surface area contributed by atoms with Crippen molar-refractivity contribution in [2.45, 2.75) is 39.3 Å². The molecule has 19 heavy (non-hydrogen) atoms. The highest BCUT2D eigenvalue weighted by atomic mass is 16.3. The molecule has 0 amide bonds. The highest BCUT2D eigenvalue weighted by Crippen LogP contribution is 2.27. The number of para-hydroxylation sites is 1. The number of aliphatic hydroxyl groups excluding tert-OH is 1. The third-order valence-electron chi connectivity index (χ3n) is 4.12. The van der Waals surface area contributed by atoms with E-state index < -0.39 is 0 Å². The van der Waals surface area contributed by atoms with Crippen LogP contribution >= 0.6 is 0 Å². The van der Waals surface area contributed by atoms with Gasteiger partial charge in [-0.2, -0.15) is 0 Å². The number of rotatable bonds is 5. The summed E-state index contributed by atoms with van der Waals surface area (Å²) in [6.07, 6.45) is 2.01. The first kappa shape index (κ1) is 14.4. The van der Waals surface area contributed by atoms with E-state index in [9.17, 15) is 5.11 Å². The number of nitrogens with one attached hydrogen (secondary N) is 1. The number of hydrogen-bond donors (Lipinski definition) is 2. The molecule has 2 N–H and O–H groups in total. The predicted molar refractivity (Wildman–Crippen MR) is 80.4 cm³/mol. The van der Waals surface area contributed by atoms with Crippen molar-refractivity contribution in [2.24, 2.45) is 5.92 Å². The summed E-state index contributed by atoms with van der Waals surface area (Å²) in [6.45, 7) is 8.09. The lowest BCUT2D eigenvalue weighted by molar-refractivity contribution is 0.110. The van der Waals surface area contributed by atoms with E-state index in [0.717, 1.165) is 39.0 Å². The lowest BCUT2D eigenvalue weighted by atomic mass is 9.91. The van der Waals surface area contributed by atoms with Crippen LogP contribution in [-0.2, 0) is 6.54 Å². The minimum Gasteiger partial charge on any atom is -0.393 e. The lowest BCUT2D eigenvalue weighted by Gasteiger charge is -2.35. The molecule has 0 bridgehead atoms. The van der Waals surface area contributed by atoms with Crippen LogP contribution in [0.4, 0.5) is 5.69 Å². The van der Waals surface area contributed by atoms with Crippen LogP contribution in [0.15, 0.2) is 24.3 Å². The molecule has 0 aliphatic carbocycles. The second-order valence-electron chi connectivity index (χ2n) is 5.47. The largest absolute Gasteiger partial charge is 0.393 e. The maximum Gasteiger partial charge on any atom is 0.0541 e. The van der Waals surface area contributed by atoms with Crippen LogP contribution in [0.2, 0.25) is 0 Å². The number of hydrogen-bond acceptors (Lipinski definition) is 3. The molecule has 1 heterocycles. The van der Waals surface area contributed by atoms with E-state index in [0.29, 0.717) is 5.92 Å². The molecule has 3 heteroatoms. The first-order chi connectivity index (χ1) is 9.22. The second-order valence-corrected chi connectivity index (χ2v) is 5.47. The van der Waals surface area contributed by atoms with Crippen LogP contribution in [0.5, 0.6) is 0 Å². The van der Waals surface area contributed by atoms with Crippen molar-refractivity contribution in [2.75, 3.05) is 24.5 Å². The summed E-state index contributed by atoms with van der Waals surface area (Å²) >= 11 is 0. The lowest BCUT2D eigenvalue weighted by Crippen LogP contribution is -2.37. The summed E-state index contributed by atoms with van der Waals surface area (Å²) in [5.74, 6) is 0.470. The topological polar surface area (TPSA) is 35.5 Å². The third-order valence-corrected chi connectivity index (χ3v) is 4.12. The van der Waals surface area contributed by atoms with E-state index in [-0.39, 0.29) is 6.10 Å². The molecule has 0 radical (unpaired) electrons. The number of aliphatic hydroxyl groups is 1. The molecule has 0 aromatic heterocycles. The number of piperidine rings is 1. The highest BCUT2D eigenvalue weighted by molar-refractivity contribution is 5.53. The summed E-state index contributed by atoms with van der Waals surface area (Å²) in [7, 11) is 0. The van der Waals surface area contributed by atoms with Crippen molar-refractivity contribution < 1.29 is 5.11 Å². The molecule has 1 aromatic carbocycles. The number of nitrogens with zero attached hydrogens (tertiary/aromatic N) is 1. The Bertz CT molecular complexity index is 384. The molecule has 0 spiro atoms. The summed E-state index contributed by atoms with van der Waals surface area (Å²) in [5, 5.41) is 13.1. The molecule has 1 unspecified atom stereocenters. The van der Waals surface area contributed by atoms with Crippen molar-refractivity contribution >= 4 is 5.69 Å². The molecule has 1 saturated heterocycles. The Balaban J connectivity index is 2.02. The fourth-order valence-electron chi connectivity index (χ4n) is 2.85. The molecule has 1 aromatic rings. The Labute approximate surface area is 116 Å². The van der Waals surface area contributed by atoms with Gasteiger partial charge in [0.1, 0.15) is 0 Å². The van der Waals surface area contributed by atoms with Gasteiger partial charge in [0.05, 0.1) is 6.10 Å². The molecule has 1 aliphatic rings. The molecule has 0 saturated carbocycles. The second kappa shape index (κ2) is 6.92. The van der Waals surface area contributed by atoms with E-state index in [2.05, 4.69) is 41.4 Å². The molecule has 1 aliphatic heterocycles. The van der Waals surface area contributed by atoms with Gasteiger partial charge in [-0.15, -0.1) is 0 Å². The monoisotopic (exact) mass is 262 g/mol. The minimum atomic E-state index is -0.167. The smallest absolute Gasteiger partial charge is 0.0541 e. The zero-order chi connectivity index (χ0) is 13.7. The fraction of sp³-hybridized carbons (Fsp3) is 0.625. The van der Waals surface area contributed by atoms with Gasteiger partial charge in [-0.1, -0.05) is 25.1 Å². The van der Waals surface area contributed by atoms with Gasteiger partial charge in [-0.3, -0.25) is 0 Å². The average molecular weight is 262 g/mol. The summed E-state index contributed by atoms with van der Waals surface area (Å²) < 4.78 is 0. The maximum atomic E-state index is 9.68. The molecule has 1 atom stereocenters. The van der Waals surface area contributed by atoms with Crippen LogP contribution < -0.4 is 10.2 Å². The molecule has 1 fully saturated rings. The van der Waals surface area contributed by atoms with Crippen LogP contribution in [0.3, 0.4) is 0 Å². The van der Waals surface area contributed by atoms with Gasteiger partial charge in [0.25, 0.3) is 0 Å². The molecular formula is C16H26N2O. The quantitative estimate of drug-likeness (QED) is 0.855. The first-order valence-electron chi connectivity index (χ1n) is 7.44. The normalized spacial score (nSPS) is 18.6. The molecular weight excluding hydrogens is 236 g/mol. The first-order valence-corrected chi connectivity index (χ1v) is 7.44. The van der Waals surface area contributed by atoms with Gasteiger partial charge in [-0.05, 0) is 43.9 Å². The van der Waals surface area contributed by atoms with Crippen molar-refractivity contribution in [3.8, 4) is 0 Å². The number of benzene rings is 1. The van der Waals surface area contributed by atoms with Gasteiger partial charge in [0.2, 0.25) is 0 Å². The van der Waals surface area contributed by atoms with Crippen LogP contribution in [-0.4, -0.2) is 30.8 Å². The van der Waals surface area contributed by atoms with Gasteiger partial charge in [0.15, 0.2) is 0 Å². The average Bonchev–Trinajstić information content (AvgIpc) is 2.45. The Hall–Kier alpha value is -1.06. The Kier molecular flexibility index (Phi) is 5.23. The maximum absolute atomic E-state index is 9.68. The van der Waals surface area contributed by atoms with Gasteiger partial charge in [-0.25, -0.2) is 0 Å². The Morgan fingerprint density at radius 1 is 1.32 bits per heavy atom. The molecule has 106 valence electrons. The van der Waals surface area contributed by atoms with Crippen molar-refractivity contribution in [1.29, 1.82) is 0 Å². The number of anilines is 1. The Morgan fingerprint density at radius 3 is 2.63 bits per heavy atom. The van der Waals surface area contributed by atoms with E-state index >= 15 is 0 Å². The van der Waals surface area contributed by atoms with Crippen molar-refractivity contribution in [3.05, 3.63) is 29.8 Å². The van der Waals surface area contributed by atoms with Gasteiger partial charge < -0.3 is 15.3 Å². The molecule has 2 rings (SSSR count). The van der Waals surface area contributed by atoms with Crippen LogP contribution in [0.25, 0.3) is 0 Å². The fourth-order valence-corrected chi connectivity index (χ4v) is 2.85. The van der Waals surface area contributed by atoms with E-state index in [4.69, 9.17) is 0 Å². The summed E-state index contributed by atoms with van der Waals surface area (Å²) in [4.78, 5) is 2.46. The van der Waals surface area contributed by atoms with Gasteiger partial charge >= 0.3 is 0 Å². The van der Waals surface area contributed by atoms with Gasteiger partial charge in [0, 0.05) is 25.3 Å². The highest BCUT2D eigenvalue weighted by Gasteiger charge is 2.23. The predicted octanol–water partition coefficient (Wildman–Crippen LogP) is 2.39. The SMILES string of the molecule is CCNCc1ccccc1N1CCC(C(C)O)CC1. The zero-order valence-electron chi connectivity index (χ0n) is 12.1. The van der Waals surface area contributed by atoms with Crippen molar-refractivity contribution in [3.63, 3.8) is 0 Å². The van der Waals surface area contributed by atoms with Crippen LogP contribution in [0, 0.1) is 5.92 Å². The zero-order valence-corrected chi connectivity index (χ0v) is 12.1. The summed E-state index contributed by atoms with van der Waals surface area (Å²) in [6, 6.07) is 8.65. The third kappa shape index (κ3) is 3.71. The van der Waals surface area contributed by atoms with E-state index in [1.54, 1.807) is 0 Å². The standard InChI is InChI=1S/C16H26N2O/c1-3-17-12-15-6-4-5-7-16(15)18-10-8-14(9-11-18)13(2)19/h4-7,13-14,17,19H,3,8-12H2,1-2H3. The van der Waals surface area contributed by atoms with E-state index in [1.807, 2.05) is 6.92 Å². The van der Waals surface area contributed by atoms with Crippen LogP contribution in [0.1, 0.15) is 32.3 Å². The Morgan fingerprint density at radius 2 is 2.00 bits per heavy atom.